The fourth-order valence-corrected chi connectivity index (χ4v) is 1.97. The molecular weight excluding hydrogens is 263 g/mol. The van der Waals surface area contributed by atoms with Crippen molar-refractivity contribution in [2.45, 2.75) is 26.4 Å². The predicted molar refractivity (Wildman–Crippen MR) is 73.7 cm³/mol. The lowest BCUT2D eigenvalue weighted by Gasteiger charge is -2.13. The van der Waals surface area contributed by atoms with Crippen LogP contribution in [0.5, 0.6) is 0 Å². The van der Waals surface area contributed by atoms with E-state index in [4.69, 9.17) is 0 Å². The second-order valence-electron chi connectivity index (χ2n) is 4.96. The summed E-state index contributed by atoms with van der Waals surface area (Å²) in [6.07, 6.45) is 0. The van der Waals surface area contributed by atoms with Gasteiger partial charge in [0, 0.05) is 18.2 Å². The van der Waals surface area contributed by atoms with Crippen LogP contribution in [0.2, 0.25) is 0 Å². The summed E-state index contributed by atoms with van der Waals surface area (Å²) in [5.41, 5.74) is 1.17. The van der Waals surface area contributed by atoms with Crippen molar-refractivity contribution in [1.29, 1.82) is 0 Å². The summed E-state index contributed by atoms with van der Waals surface area (Å²) >= 11 is 0. The molecule has 0 spiro atoms. The van der Waals surface area contributed by atoms with E-state index in [0.717, 1.165) is 23.8 Å². The van der Waals surface area contributed by atoms with Crippen LogP contribution < -0.4 is 5.32 Å². The van der Waals surface area contributed by atoms with Crippen LogP contribution in [0.3, 0.4) is 0 Å². The molecule has 2 rings (SSSR count). The monoisotopic (exact) mass is 279 g/mol. The summed E-state index contributed by atoms with van der Waals surface area (Å²) in [4.78, 5) is 0. The first-order valence-corrected chi connectivity index (χ1v) is 6.44. The summed E-state index contributed by atoms with van der Waals surface area (Å²) in [5, 5.41) is 3.19. The maximum Gasteiger partial charge on any atom is 0.131 e. The normalized spacial score (nSPS) is 11.1. The first-order chi connectivity index (χ1) is 9.47. The molecule has 1 N–H and O–H groups in total. The molecule has 106 valence electrons. The van der Waals surface area contributed by atoms with E-state index in [1.54, 1.807) is 6.07 Å². The molecule has 0 amide bonds. The largest absolute Gasteiger partial charge is 0.310 e. The molecule has 0 bridgehead atoms. The maximum absolute atomic E-state index is 13.9. The molecule has 0 aliphatic carbocycles. The van der Waals surface area contributed by atoms with E-state index in [0.29, 0.717) is 12.1 Å². The molecule has 0 aliphatic rings. The lowest BCUT2D eigenvalue weighted by atomic mass is 9.98. The van der Waals surface area contributed by atoms with Crippen LogP contribution in [-0.4, -0.2) is 6.04 Å². The molecule has 2 aromatic carbocycles. The maximum atomic E-state index is 13.9. The first-order valence-electron chi connectivity index (χ1n) is 6.44. The molecule has 0 unspecified atom stereocenters. The average molecular weight is 279 g/mol. The highest BCUT2D eigenvalue weighted by atomic mass is 19.1. The Labute approximate surface area is 116 Å². The second-order valence-corrected chi connectivity index (χ2v) is 4.96. The van der Waals surface area contributed by atoms with E-state index in [-0.39, 0.29) is 11.6 Å². The molecule has 0 aliphatic heterocycles. The van der Waals surface area contributed by atoms with Gasteiger partial charge in [0.15, 0.2) is 0 Å². The van der Waals surface area contributed by atoms with Crippen molar-refractivity contribution in [3.63, 3.8) is 0 Å². The lowest BCUT2D eigenvalue weighted by molar-refractivity contribution is 0.585. The van der Waals surface area contributed by atoms with Gasteiger partial charge in [0.05, 0.1) is 0 Å². The van der Waals surface area contributed by atoms with Crippen LogP contribution in [0, 0.1) is 17.5 Å². The minimum absolute atomic E-state index is 0.0741. The van der Waals surface area contributed by atoms with Gasteiger partial charge in [-0.05, 0) is 41.5 Å². The highest BCUT2D eigenvalue weighted by molar-refractivity contribution is 5.68. The SMILES string of the molecule is CC(C)NCc1ccc(F)cc1-c1cc(F)ccc1F. The fourth-order valence-electron chi connectivity index (χ4n) is 1.97. The minimum Gasteiger partial charge on any atom is -0.310 e. The zero-order valence-electron chi connectivity index (χ0n) is 11.4. The third-order valence-electron chi connectivity index (χ3n) is 2.99. The van der Waals surface area contributed by atoms with E-state index in [1.165, 1.54) is 12.1 Å². The van der Waals surface area contributed by atoms with Crippen LogP contribution in [0.4, 0.5) is 13.2 Å². The van der Waals surface area contributed by atoms with Gasteiger partial charge in [0.1, 0.15) is 17.5 Å². The summed E-state index contributed by atoms with van der Waals surface area (Å²) in [7, 11) is 0. The van der Waals surface area contributed by atoms with Gasteiger partial charge < -0.3 is 5.32 Å². The zero-order valence-corrected chi connectivity index (χ0v) is 11.4. The van der Waals surface area contributed by atoms with E-state index >= 15 is 0 Å². The van der Waals surface area contributed by atoms with E-state index in [1.807, 2.05) is 13.8 Å². The minimum atomic E-state index is -0.567. The molecule has 20 heavy (non-hydrogen) atoms. The average Bonchev–Trinajstić information content (AvgIpc) is 2.40. The second kappa shape index (κ2) is 6.09. The highest BCUT2D eigenvalue weighted by Crippen LogP contribution is 2.28. The Hall–Kier alpha value is -1.81. The van der Waals surface area contributed by atoms with Gasteiger partial charge in [0.25, 0.3) is 0 Å². The third kappa shape index (κ3) is 3.39. The topological polar surface area (TPSA) is 12.0 Å². The smallest absolute Gasteiger partial charge is 0.131 e. The fraction of sp³-hybridized carbons (Fsp3) is 0.250. The molecule has 0 radical (unpaired) electrons. The Balaban J connectivity index is 2.48. The molecule has 0 heterocycles. The van der Waals surface area contributed by atoms with E-state index < -0.39 is 17.5 Å². The number of benzene rings is 2. The Morgan fingerprint density at radius 3 is 2.15 bits per heavy atom. The van der Waals surface area contributed by atoms with Crippen molar-refractivity contribution in [2.24, 2.45) is 0 Å². The molecular formula is C16H16F3N. The predicted octanol–water partition coefficient (Wildman–Crippen LogP) is 4.27. The number of hydrogen-bond donors (Lipinski definition) is 1. The standard InChI is InChI=1S/C16H16F3N/c1-10(2)20-9-11-3-4-12(17)7-14(11)15-8-13(18)5-6-16(15)19/h3-8,10,20H,9H2,1-2H3. The molecule has 0 saturated heterocycles. The molecule has 0 atom stereocenters. The van der Waals surface area contributed by atoms with Crippen LogP contribution in [0.25, 0.3) is 11.1 Å². The van der Waals surface area contributed by atoms with Crippen LogP contribution in [0.15, 0.2) is 36.4 Å². The summed E-state index contributed by atoms with van der Waals surface area (Å²) < 4.78 is 40.6. The summed E-state index contributed by atoms with van der Waals surface area (Å²) in [5.74, 6) is -1.59. The van der Waals surface area contributed by atoms with Crippen molar-refractivity contribution >= 4 is 0 Å². The van der Waals surface area contributed by atoms with Gasteiger partial charge in [-0.3, -0.25) is 0 Å². The Morgan fingerprint density at radius 2 is 1.50 bits per heavy atom. The third-order valence-corrected chi connectivity index (χ3v) is 2.99. The van der Waals surface area contributed by atoms with Gasteiger partial charge in [-0.25, -0.2) is 13.2 Å². The number of hydrogen-bond acceptors (Lipinski definition) is 1. The summed E-state index contributed by atoms with van der Waals surface area (Å²) in [6, 6.07) is 7.56. The van der Waals surface area contributed by atoms with Crippen LogP contribution in [0.1, 0.15) is 19.4 Å². The Bertz CT molecular complexity index is 609. The molecule has 1 nitrogen and oxygen atoms in total. The molecule has 0 saturated carbocycles. The van der Waals surface area contributed by atoms with Crippen molar-refractivity contribution < 1.29 is 13.2 Å². The number of nitrogens with one attached hydrogen (secondary N) is 1. The molecule has 4 heteroatoms. The van der Waals surface area contributed by atoms with Gasteiger partial charge in [0.2, 0.25) is 0 Å². The van der Waals surface area contributed by atoms with Crippen molar-refractivity contribution in [3.05, 3.63) is 59.4 Å². The Morgan fingerprint density at radius 1 is 0.900 bits per heavy atom. The highest BCUT2D eigenvalue weighted by Gasteiger charge is 2.12. The zero-order chi connectivity index (χ0) is 14.7. The van der Waals surface area contributed by atoms with Gasteiger partial charge in [-0.2, -0.15) is 0 Å². The lowest BCUT2D eigenvalue weighted by Crippen LogP contribution is -2.22. The molecule has 0 aromatic heterocycles. The van der Waals surface area contributed by atoms with E-state index in [2.05, 4.69) is 5.32 Å². The first kappa shape index (κ1) is 14.6. The van der Waals surface area contributed by atoms with Crippen molar-refractivity contribution in [2.75, 3.05) is 0 Å². The number of rotatable bonds is 4. The van der Waals surface area contributed by atoms with Crippen molar-refractivity contribution in [1.82, 2.24) is 5.32 Å². The molecule has 0 fully saturated rings. The number of halogens is 3. The van der Waals surface area contributed by atoms with Gasteiger partial charge in [-0.15, -0.1) is 0 Å². The quantitative estimate of drug-likeness (QED) is 0.881. The van der Waals surface area contributed by atoms with Crippen LogP contribution >= 0.6 is 0 Å². The Kier molecular flexibility index (Phi) is 4.45. The van der Waals surface area contributed by atoms with Gasteiger partial charge >= 0.3 is 0 Å². The van der Waals surface area contributed by atoms with Gasteiger partial charge in [-0.1, -0.05) is 19.9 Å². The molecule has 2 aromatic rings. The van der Waals surface area contributed by atoms with E-state index in [9.17, 15) is 13.2 Å². The summed E-state index contributed by atoms with van der Waals surface area (Å²) in [6.45, 7) is 4.42. The van der Waals surface area contributed by atoms with Crippen LogP contribution in [-0.2, 0) is 6.54 Å². The van der Waals surface area contributed by atoms with Crippen molar-refractivity contribution in [3.8, 4) is 11.1 Å².